The van der Waals surface area contributed by atoms with Crippen LogP contribution in [0.25, 0.3) is 10.9 Å². The molecule has 0 spiro atoms. The number of rotatable bonds is 7. The lowest BCUT2D eigenvalue weighted by Gasteiger charge is -2.61. The Bertz CT molecular complexity index is 1920. The van der Waals surface area contributed by atoms with E-state index in [0.29, 0.717) is 64.4 Å². The van der Waals surface area contributed by atoms with E-state index in [4.69, 9.17) is 9.73 Å². The van der Waals surface area contributed by atoms with Crippen LogP contribution in [0.1, 0.15) is 51.7 Å². The molecular weight excluding hydrogens is 615 g/mol. The minimum atomic E-state index is -0.344. The topological polar surface area (TPSA) is 75.0 Å². The Labute approximate surface area is 289 Å². The number of fused-ring (bicyclic) bond motifs is 3. The maximum absolute atomic E-state index is 14.5. The molecule has 9 heteroatoms. The molecule has 0 amide bonds. The fourth-order valence-electron chi connectivity index (χ4n) is 8.54. The maximum Gasteiger partial charge on any atom is 0.261 e. The molecule has 3 saturated carbocycles. The Morgan fingerprint density at radius 3 is 2.55 bits per heavy atom. The first kappa shape index (κ1) is 33.1. The highest BCUT2D eigenvalue weighted by atomic mass is 19.1. The van der Waals surface area contributed by atoms with Crippen LogP contribution in [0.4, 0.5) is 15.8 Å². The number of nitrogens with one attached hydrogen (secondary N) is 1. The maximum atomic E-state index is 14.5. The average Bonchev–Trinajstić information content (AvgIpc) is 3.09. The zero-order valence-corrected chi connectivity index (χ0v) is 29.6. The highest BCUT2D eigenvalue weighted by molar-refractivity contribution is 5.96. The second-order valence-corrected chi connectivity index (χ2v) is 15.1. The molecule has 2 bridgehead atoms. The summed E-state index contributed by atoms with van der Waals surface area (Å²) < 4.78 is 21.2. The first-order chi connectivity index (χ1) is 23.5. The fourth-order valence-corrected chi connectivity index (χ4v) is 8.54. The zero-order valence-electron chi connectivity index (χ0n) is 29.6. The summed E-state index contributed by atoms with van der Waals surface area (Å²) in [5.41, 5.74) is 4.79. The van der Waals surface area contributed by atoms with Crippen LogP contribution in [0.15, 0.2) is 76.8 Å². The van der Waals surface area contributed by atoms with Crippen molar-refractivity contribution >= 4 is 28.2 Å². The van der Waals surface area contributed by atoms with Crippen LogP contribution in [0.2, 0.25) is 0 Å². The van der Waals surface area contributed by atoms with E-state index in [2.05, 4.69) is 79.0 Å². The normalized spacial score (nSPS) is 24.9. The van der Waals surface area contributed by atoms with E-state index in [-0.39, 0.29) is 17.4 Å². The van der Waals surface area contributed by atoms with Crippen molar-refractivity contribution in [2.75, 3.05) is 37.0 Å². The smallest absolute Gasteiger partial charge is 0.261 e. The number of methoxy groups -OCH3 is 1. The van der Waals surface area contributed by atoms with Crippen molar-refractivity contribution in [3.8, 4) is 5.75 Å². The molecule has 3 unspecified atom stereocenters. The summed E-state index contributed by atoms with van der Waals surface area (Å²) >= 11 is 0. The number of guanidine groups is 1. The predicted octanol–water partition coefficient (Wildman–Crippen LogP) is 7.14. The number of aryl methyl sites for hydroxylation is 3. The van der Waals surface area contributed by atoms with Crippen molar-refractivity contribution in [1.82, 2.24) is 14.5 Å². The molecule has 1 aromatic heterocycles. The molecule has 4 fully saturated rings. The Morgan fingerprint density at radius 2 is 1.86 bits per heavy atom. The molecule has 0 radical (unpaired) electrons. The third-order valence-electron chi connectivity index (χ3n) is 11.9. The number of anilines is 2. The number of benzene rings is 3. The second-order valence-electron chi connectivity index (χ2n) is 15.1. The molecule has 3 aliphatic carbocycles. The first-order valence-corrected chi connectivity index (χ1v) is 17.8. The van der Waals surface area contributed by atoms with Crippen molar-refractivity contribution < 1.29 is 9.13 Å². The van der Waals surface area contributed by atoms with Gasteiger partial charge in [-0.05, 0) is 98.2 Å². The number of nitrogens with zero attached hydrogens (tertiary/aromatic N) is 5. The quantitative estimate of drug-likeness (QED) is 0.167. The molecular formula is C40H49FN6O2. The minimum Gasteiger partial charge on any atom is -0.497 e. The molecule has 8 rings (SSSR count). The summed E-state index contributed by atoms with van der Waals surface area (Å²) in [6.45, 7) is 14.6. The Hall–Kier alpha value is -4.40. The van der Waals surface area contributed by atoms with Gasteiger partial charge in [0.15, 0.2) is 5.96 Å². The third kappa shape index (κ3) is 6.40. The highest BCUT2D eigenvalue weighted by Gasteiger charge is 2.56. The largest absolute Gasteiger partial charge is 0.497 e. The second kappa shape index (κ2) is 13.1. The van der Waals surface area contributed by atoms with E-state index < -0.39 is 0 Å². The van der Waals surface area contributed by atoms with Crippen molar-refractivity contribution in [1.29, 1.82) is 0 Å². The van der Waals surface area contributed by atoms with Gasteiger partial charge in [-0.2, -0.15) is 0 Å². The van der Waals surface area contributed by atoms with Gasteiger partial charge in [0.2, 0.25) is 0 Å². The minimum absolute atomic E-state index is 0.140. The molecule has 1 aliphatic heterocycles. The van der Waals surface area contributed by atoms with Crippen molar-refractivity contribution in [2.24, 2.45) is 28.2 Å². The number of hydrogen-bond donors (Lipinski definition) is 1. The molecule has 8 nitrogen and oxygen atoms in total. The molecule has 1 N–H and O–H groups in total. The monoisotopic (exact) mass is 664 g/mol. The van der Waals surface area contributed by atoms with E-state index in [1.165, 1.54) is 30.8 Å². The average molecular weight is 665 g/mol. The van der Waals surface area contributed by atoms with Crippen LogP contribution in [0, 0.1) is 35.9 Å². The van der Waals surface area contributed by atoms with E-state index in [1.54, 1.807) is 23.0 Å². The number of aromatic nitrogens is 2. The van der Waals surface area contributed by atoms with Gasteiger partial charge in [-0.3, -0.25) is 9.36 Å². The number of ether oxygens (including phenoxy) is 1. The van der Waals surface area contributed by atoms with Gasteiger partial charge in [-0.15, -0.1) is 0 Å². The standard InChI is InChI=1S/C40H49FN6O2/c1-25-7-11-31(12-8-25)47-18-17-45(23-26(47)2)39(44-36-20-29-19-34(27(36)3)40(29,4)5)43-30-10-14-33-37(21-30)42-24-46(38(33)48)16-15-28-9-13-32(49-6)22-35(28)41/h7-14,21-22,24,26-27,29,34,36H,15-20,23H2,1-6H3,(H,43,44)/t26?,27-,29?,34+,36?/m0/s1. The van der Waals surface area contributed by atoms with Crippen molar-refractivity contribution in [3.05, 3.63) is 94.3 Å². The van der Waals surface area contributed by atoms with Gasteiger partial charge in [-0.25, -0.2) is 14.4 Å². The van der Waals surface area contributed by atoms with Crippen LogP contribution in [0.5, 0.6) is 5.75 Å². The van der Waals surface area contributed by atoms with Gasteiger partial charge in [0, 0.05) is 49.7 Å². The highest BCUT2D eigenvalue weighted by Crippen LogP contribution is 2.61. The molecule has 3 aromatic carbocycles. The lowest BCUT2D eigenvalue weighted by molar-refractivity contribution is -0.108. The van der Waals surface area contributed by atoms with Crippen molar-refractivity contribution in [2.45, 2.75) is 72.5 Å². The first-order valence-electron chi connectivity index (χ1n) is 17.8. The van der Waals surface area contributed by atoms with E-state index in [0.717, 1.165) is 37.7 Å². The predicted molar refractivity (Wildman–Crippen MR) is 196 cm³/mol. The van der Waals surface area contributed by atoms with Crippen LogP contribution in [0.3, 0.4) is 0 Å². The molecule has 49 heavy (non-hydrogen) atoms. The number of piperazine rings is 1. The van der Waals surface area contributed by atoms with E-state index in [1.807, 2.05) is 18.2 Å². The van der Waals surface area contributed by atoms with Gasteiger partial charge in [0.1, 0.15) is 11.6 Å². The van der Waals surface area contributed by atoms with Gasteiger partial charge in [-0.1, -0.05) is 44.5 Å². The number of aliphatic imine (C=N–C) groups is 1. The Kier molecular flexibility index (Phi) is 8.88. The fraction of sp³-hybridized carbons (Fsp3) is 0.475. The van der Waals surface area contributed by atoms with Gasteiger partial charge < -0.3 is 19.9 Å². The third-order valence-corrected chi connectivity index (χ3v) is 11.9. The molecule has 2 heterocycles. The van der Waals surface area contributed by atoms with Gasteiger partial charge in [0.25, 0.3) is 5.56 Å². The van der Waals surface area contributed by atoms with E-state index in [9.17, 15) is 9.18 Å². The van der Waals surface area contributed by atoms with Crippen molar-refractivity contribution in [3.63, 3.8) is 0 Å². The van der Waals surface area contributed by atoms with Gasteiger partial charge >= 0.3 is 0 Å². The lowest BCUT2D eigenvalue weighted by Crippen LogP contribution is -2.58. The van der Waals surface area contributed by atoms with Crippen LogP contribution in [-0.4, -0.2) is 59.2 Å². The van der Waals surface area contributed by atoms with Crippen LogP contribution in [-0.2, 0) is 13.0 Å². The van der Waals surface area contributed by atoms with Crippen LogP contribution >= 0.6 is 0 Å². The zero-order chi connectivity index (χ0) is 34.4. The Morgan fingerprint density at radius 1 is 1.06 bits per heavy atom. The molecule has 4 aromatic rings. The van der Waals surface area contributed by atoms with E-state index >= 15 is 0 Å². The van der Waals surface area contributed by atoms with Crippen LogP contribution < -0.4 is 20.5 Å². The SMILES string of the molecule is COc1ccc(CCn2cnc3cc(NC(=NC4CC5C[C@H]([C@@H]4C)C5(C)C)N4CCN(c5ccc(C)cc5)C(C)C4)ccc3c2=O)c(F)c1. The summed E-state index contributed by atoms with van der Waals surface area (Å²) in [5, 5.41) is 4.23. The summed E-state index contributed by atoms with van der Waals surface area (Å²) in [7, 11) is 1.51. The molecule has 5 atom stereocenters. The van der Waals surface area contributed by atoms with Gasteiger partial charge in [0.05, 0.1) is 30.4 Å². The lowest BCUT2D eigenvalue weighted by atomic mass is 9.45. The molecule has 4 aliphatic rings. The summed E-state index contributed by atoms with van der Waals surface area (Å²) in [4.78, 5) is 28.5. The number of hydrogen-bond acceptors (Lipinski definition) is 5. The summed E-state index contributed by atoms with van der Waals surface area (Å²) in [5.74, 6) is 2.97. The summed E-state index contributed by atoms with van der Waals surface area (Å²) in [6, 6.07) is 19.9. The molecule has 1 saturated heterocycles. The Balaban J connectivity index is 1.12. The molecule has 258 valence electrons. The summed E-state index contributed by atoms with van der Waals surface area (Å²) in [6.07, 6.45) is 4.37. The number of halogens is 1.